The largest absolute Gasteiger partial charge is 0.358 e. The number of fused-ring (bicyclic) bond motifs is 5. The first-order chi connectivity index (χ1) is 14.0. The van der Waals surface area contributed by atoms with Crippen molar-refractivity contribution in [1.29, 1.82) is 0 Å². The number of hydrogen-bond acceptors (Lipinski definition) is 6. The fraction of sp³-hybridized carbons (Fsp3) is 0.190. The van der Waals surface area contributed by atoms with E-state index in [2.05, 4.69) is 5.32 Å². The lowest BCUT2D eigenvalue weighted by Gasteiger charge is -2.34. The third-order valence-corrected chi connectivity index (χ3v) is 5.91. The summed E-state index contributed by atoms with van der Waals surface area (Å²) in [6.45, 7) is 0. The van der Waals surface area contributed by atoms with E-state index in [1.54, 1.807) is 11.1 Å². The molecule has 2 amide bonds. The highest BCUT2D eigenvalue weighted by atomic mass is 16.6. The van der Waals surface area contributed by atoms with E-state index in [4.69, 9.17) is 0 Å². The molecule has 0 saturated carbocycles. The van der Waals surface area contributed by atoms with Gasteiger partial charge in [-0.2, -0.15) is 0 Å². The summed E-state index contributed by atoms with van der Waals surface area (Å²) in [6, 6.07) is 11.6. The SMILES string of the molecule is O=C1NC(=O)[C@@H]2[C@@H]1[C@@H](C(=O)c1cccc([N+](=O)[O-])c1)N1C=Cc3ccccc3[C@@H]21. The highest BCUT2D eigenvalue weighted by Gasteiger charge is 2.61. The lowest BCUT2D eigenvalue weighted by Crippen LogP contribution is -2.42. The fourth-order valence-corrected chi connectivity index (χ4v) is 4.72. The topological polar surface area (TPSA) is 110 Å². The van der Waals surface area contributed by atoms with Crippen molar-refractivity contribution in [2.24, 2.45) is 11.8 Å². The number of ketones is 1. The molecule has 3 heterocycles. The number of nitro benzene ring substituents is 1. The van der Waals surface area contributed by atoms with Crippen LogP contribution in [0.4, 0.5) is 5.69 Å². The van der Waals surface area contributed by atoms with Gasteiger partial charge in [0.25, 0.3) is 5.69 Å². The minimum atomic E-state index is -0.914. The average Bonchev–Trinajstić information content (AvgIpc) is 3.22. The van der Waals surface area contributed by atoms with E-state index in [0.29, 0.717) is 0 Å². The third kappa shape index (κ3) is 2.42. The highest BCUT2D eigenvalue weighted by Crippen LogP contribution is 2.51. The number of imide groups is 1. The highest BCUT2D eigenvalue weighted by molar-refractivity contribution is 6.12. The Labute approximate surface area is 165 Å². The van der Waals surface area contributed by atoms with Crippen LogP contribution in [0, 0.1) is 22.0 Å². The van der Waals surface area contributed by atoms with Crippen LogP contribution in [0.15, 0.2) is 54.7 Å². The standard InChI is InChI=1S/C21H15N3O5/c25-19(12-5-3-6-13(10-12)24(28)29)18-16-15(20(26)22-21(16)27)17-14-7-2-1-4-11(14)8-9-23(17)18/h1-10,15-18H,(H,22,26,27)/t15-,16-,17+,18+/m1/s1. The van der Waals surface area contributed by atoms with Gasteiger partial charge >= 0.3 is 0 Å². The Morgan fingerprint density at radius 3 is 2.59 bits per heavy atom. The van der Waals surface area contributed by atoms with Gasteiger partial charge in [0, 0.05) is 23.9 Å². The molecule has 0 unspecified atom stereocenters. The van der Waals surface area contributed by atoms with E-state index >= 15 is 0 Å². The second kappa shape index (κ2) is 6.10. The summed E-state index contributed by atoms with van der Waals surface area (Å²) in [5.74, 6) is -2.84. The van der Waals surface area contributed by atoms with Gasteiger partial charge in [0.15, 0.2) is 5.78 Å². The van der Waals surface area contributed by atoms with Crippen molar-refractivity contribution in [3.8, 4) is 0 Å². The van der Waals surface area contributed by atoms with Gasteiger partial charge in [-0.15, -0.1) is 0 Å². The zero-order valence-electron chi connectivity index (χ0n) is 15.0. The third-order valence-electron chi connectivity index (χ3n) is 5.91. The minimum absolute atomic E-state index is 0.142. The van der Waals surface area contributed by atoms with Crippen molar-refractivity contribution in [3.05, 3.63) is 81.5 Å². The quantitative estimate of drug-likeness (QED) is 0.373. The minimum Gasteiger partial charge on any atom is -0.358 e. The maximum atomic E-state index is 13.4. The second-order valence-corrected chi connectivity index (χ2v) is 7.36. The van der Waals surface area contributed by atoms with Gasteiger partial charge in [-0.25, -0.2) is 0 Å². The Kier molecular flexibility index (Phi) is 3.64. The smallest absolute Gasteiger partial charge is 0.270 e. The van der Waals surface area contributed by atoms with E-state index < -0.39 is 46.4 Å². The monoisotopic (exact) mass is 389 g/mol. The Morgan fingerprint density at radius 1 is 1.03 bits per heavy atom. The Hall–Kier alpha value is -3.81. The van der Waals surface area contributed by atoms with Gasteiger partial charge in [0.1, 0.15) is 6.04 Å². The molecule has 2 aromatic carbocycles. The van der Waals surface area contributed by atoms with Crippen LogP contribution in [0.25, 0.3) is 6.08 Å². The molecule has 1 N–H and O–H groups in total. The molecule has 0 aliphatic carbocycles. The van der Waals surface area contributed by atoms with Gasteiger partial charge in [-0.05, 0) is 17.2 Å². The number of hydrogen-bond donors (Lipinski definition) is 1. The summed E-state index contributed by atoms with van der Waals surface area (Å²) in [5, 5.41) is 13.5. The number of non-ortho nitro benzene ring substituents is 1. The van der Waals surface area contributed by atoms with Crippen LogP contribution < -0.4 is 5.32 Å². The van der Waals surface area contributed by atoms with Crippen LogP contribution in [-0.2, 0) is 9.59 Å². The number of nitro groups is 1. The number of nitrogens with one attached hydrogen (secondary N) is 1. The molecule has 0 spiro atoms. The molecule has 4 atom stereocenters. The van der Waals surface area contributed by atoms with Gasteiger partial charge in [-0.3, -0.25) is 29.8 Å². The molecular weight excluding hydrogens is 374 g/mol. The predicted molar refractivity (Wildman–Crippen MR) is 101 cm³/mol. The number of carbonyl (C=O) groups is 3. The molecule has 2 aromatic rings. The van der Waals surface area contributed by atoms with E-state index in [1.807, 2.05) is 30.3 Å². The number of carbonyl (C=O) groups excluding carboxylic acids is 3. The molecule has 29 heavy (non-hydrogen) atoms. The van der Waals surface area contributed by atoms with Gasteiger partial charge < -0.3 is 4.90 Å². The van der Waals surface area contributed by atoms with Gasteiger partial charge in [0.2, 0.25) is 11.8 Å². The molecule has 8 heteroatoms. The normalized spacial score (nSPS) is 26.6. The average molecular weight is 389 g/mol. The van der Waals surface area contributed by atoms with Crippen molar-refractivity contribution >= 4 is 29.4 Å². The lowest BCUT2D eigenvalue weighted by atomic mass is 9.83. The van der Waals surface area contributed by atoms with Crippen LogP contribution in [0.1, 0.15) is 27.5 Å². The van der Waals surface area contributed by atoms with Crippen LogP contribution in [0.5, 0.6) is 0 Å². The Bertz CT molecular complexity index is 1120. The molecule has 2 fully saturated rings. The summed E-state index contributed by atoms with van der Waals surface area (Å²) in [4.78, 5) is 50.9. The van der Waals surface area contributed by atoms with Crippen LogP contribution in [-0.4, -0.2) is 33.5 Å². The second-order valence-electron chi connectivity index (χ2n) is 7.36. The molecule has 2 saturated heterocycles. The zero-order valence-corrected chi connectivity index (χ0v) is 15.0. The maximum Gasteiger partial charge on any atom is 0.270 e. The van der Waals surface area contributed by atoms with E-state index in [9.17, 15) is 24.5 Å². The number of nitrogens with zero attached hydrogens (tertiary/aromatic N) is 2. The predicted octanol–water partition coefficient (Wildman–Crippen LogP) is 2.08. The van der Waals surface area contributed by atoms with Crippen molar-refractivity contribution < 1.29 is 19.3 Å². The zero-order chi connectivity index (χ0) is 20.3. The van der Waals surface area contributed by atoms with Crippen LogP contribution >= 0.6 is 0 Å². The van der Waals surface area contributed by atoms with Crippen molar-refractivity contribution in [2.75, 3.05) is 0 Å². The first kappa shape index (κ1) is 17.3. The molecule has 144 valence electrons. The van der Waals surface area contributed by atoms with E-state index in [-0.39, 0.29) is 11.3 Å². The van der Waals surface area contributed by atoms with Crippen molar-refractivity contribution in [1.82, 2.24) is 10.2 Å². The lowest BCUT2D eigenvalue weighted by molar-refractivity contribution is -0.384. The van der Waals surface area contributed by atoms with Crippen LogP contribution in [0.3, 0.4) is 0 Å². The summed E-state index contributed by atoms with van der Waals surface area (Å²) in [6.07, 6.45) is 3.59. The molecular formula is C21H15N3O5. The molecule has 0 bridgehead atoms. The number of amides is 2. The Balaban J connectivity index is 1.63. The first-order valence-corrected chi connectivity index (χ1v) is 9.15. The van der Waals surface area contributed by atoms with Gasteiger partial charge in [-0.1, -0.05) is 36.4 Å². The maximum absolute atomic E-state index is 13.4. The van der Waals surface area contributed by atoms with Crippen molar-refractivity contribution in [2.45, 2.75) is 12.1 Å². The molecule has 0 radical (unpaired) electrons. The summed E-state index contributed by atoms with van der Waals surface area (Å²) in [5.41, 5.74) is 1.75. The fourth-order valence-electron chi connectivity index (χ4n) is 4.72. The molecule has 5 rings (SSSR count). The summed E-state index contributed by atoms with van der Waals surface area (Å²) < 4.78 is 0. The Morgan fingerprint density at radius 2 is 1.79 bits per heavy atom. The summed E-state index contributed by atoms with van der Waals surface area (Å²) in [7, 11) is 0. The number of rotatable bonds is 3. The molecule has 0 aromatic heterocycles. The number of benzene rings is 2. The first-order valence-electron chi connectivity index (χ1n) is 9.15. The number of Topliss-reactive ketones (excluding diaryl/α,β-unsaturated/α-hetero) is 1. The van der Waals surface area contributed by atoms with E-state index in [0.717, 1.165) is 11.1 Å². The van der Waals surface area contributed by atoms with Gasteiger partial charge in [0.05, 0.1) is 22.8 Å². The van der Waals surface area contributed by atoms with E-state index in [1.165, 1.54) is 24.3 Å². The van der Waals surface area contributed by atoms with Crippen molar-refractivity contribution in [3.63, 3.8) is 0 Å². The molecule has 8 nitrogen and oxygen atoms in total. The molecule has 3 aliphatic heterocycles. The molecule has 3 aliphatic rings. The summed E-state index contributed by atoms with van der Waals surface area (Å²) >= 11 is 0. The van der Waals surface area contributed by atoms with Crippen LogP contribution in [0.2, 0.25) is 0 Å².